The second-order valence-electron chi connectivity index (χ2n) is 5.22. The summed E-state index contributed by atoms with van der Waals surface area (Å²) in [6, 6.07) is 9.89. The van der Waals surface area contributed by atoms with Gasteiger partial charge in [-0.2, -0.15) is 0 Å². The SMILES string of the molecule is Cc1cccc(NC(=O)c2cc(C)n3c2CCC3)c1. The molecule has 0 unspecified atom stereocenters. The number of fused-ring (bicyclic) bond motifs is 1. The van der Waals surface area contributed by atoms with Crippen LogP contribution in [0.15, 0.2) is 30.3 Å². The van der Waals surface area contributed by atoms with Crippen molar-refractivity contribution in [2.45, 2.75) is 33.2 Å². The fourth-order valence-corrected chi connectivity index (χ4v) is 2.83. The van der Waals surface area contributed by atoms with Gasteiger partial charge in [-0.1, -0.05) is 12.1 Å². The van der Waals surface area contributed by atoms with Crippen LogP contribution in [-0.4, -0.2) is 10.5 Å². The van der Waals surface area contributed by atoms with Crippen molar-refractivity contribution in [2.24, 2.45) is 0 Å². The minimum absolute atomic E-state index is 0.00403. The molecule has 0 radical (unpaired) electrons. The first-order chi connectivity index (χ1) is 9.15. The summed E-state index contributed by atoms with van der Waals surface area (Å²) in [7, 11) is 0. The van der Waals surface area contributed by atoms with Gasteiger partial charge in [0.2, 0.25) is 0 Å². The summed E-state index contributed by atoms with van der Waals surface area (Å²) in [6.45, 7) is 5.13. The third kappa shape index (κ3) is 2.16. The number of amides is 1. The van der Waals surface area contributed by atoms with E-state index in [0.29, 0.717) is 0 Å². The highest BCUT2D eigenvalue weighted by Gasteiger charge is 2.21. The first-order valence-electron chi connectivity index (χ1n) is 6.72. The summed E-state index contributed by atoms with van der Waals surface area (Å²) in [6.07, 6.45) is 2.14. The number of nitrogens with zero attached hydrogens (tertiary/aromatic N) is 1. The smallest absolute Gasteiger partial charge is 0.257 e. The Morgan fingerprint density at radius 3 is 2.89 bits per heavy atom. The van der Waals surface area contributed by atoms with Crippen molar-refractivity contribution in [3.8, 4) is 0 Å². The lowest BCUT2D eigenvalue weighted by Crippen LogP contribution is -2.13. The standard InChI is InChI=1S/C16H18N2O/c1-11-5-3-6-13(9-11)17-16(19)14-10-12(2)18-8-4-7-15(14)18/h3,5-6,9-10H,4,7-8H2,1-2H3,(H,17,19). The molecule has 2 aromatic rings. The van der Waals surface area contributed by atoms with Gasteiger partial charge in [-0.25, -0.2) is 0 Å². The second-order valence-corrected chi connectivity index (χ2v) is 5.22. The fourth-order valence-electron chi connectivity index (χ4n) is 2.83. The van der Waals surface area contributed by atoms with Gasteiger partial charge in [-0.05, 0) is 50.5 Å². The van der Waals surface area contributed by atoms with E-state index in [-0.39, 0.29) is 5.91 Å². The quantitative estimate of drug-likeness (QED) is 0.876. The molecule has 98 valence electrons. The molecular formula is C16H18N2O. The summed E-state index contributed by atoms with van der Waals surface area (Å²) in [4.78, 5) is 12.4. The molecular weight excluding hydrogens is 236 g/mol. The van der Waals surface area contributed by atoms with Gasteiger partial charge < -0.3 is 9.88 Å². The van der Waals surface area contributed by atoms with Crippen molar-refractivity contribution in [2.75, 3.05) is 5.32 Å². The molecule has 0 saturated heterocycles. The minimum Gasteiger partial charge on any atom is -0.348 e. The Labute approximate surface area is 113 Å². The number of carbonyl (C=O) groups excluding carboxylic acids is 1. The average Bonchev–Trinajstić information content (AvgIpc) is 2.93. The number of nitrogens with one attached hydrogen (secondary N) is 1. The highest BCUT2D eigenvalue weighted by molar-refractivity contribution is 6.05. The van der Waals surface area contributed by atoms with E-state index in [0.717, 1.165) is 36.2 Å². The zero-order chi connectivity index (χ0) is 13.4. The summed E-state index contributed by atoms with van der Waals surface area (Å²) in [5, 5.41) is 2.99. The molecule has 0 saturated carbocycles. The monoisotopic (exact) mass is 254 g/mol. The molecule has 0 bridgehead atoms. The molecule has 19 heavy (non-hydrogen) atoms. The van der Waals surface area contributed by atoms with E-state index >= 15 is 0 Å². The number of anilines is 1. The zero-order valence-corrected chi connectivity index (χ0v) is 11.4. The van der Waals surface area contributed by atoms with Crippen LogP contribution < -0.4 is 5.32 Å². The van der Waals surface area contributed by atoms with Gasteiger partial charge in [-0.15, -0.1) is 0 Å². The molecule has 2 heterocycles. The lowest BCUT2D eigenvalue weighted by atomic mass is 10.1. The summed E-state index contributed by atoms with van der Waals surface area (Å²) in [5.74, 6) is 0.00403. The van der Waals surface area contributed by atoms with Crippen LogP contribution in [-0.2, 0) is 13.0 Å². The van der Waals surface area contributed by atoms with Crippen molar-refractivity contribution in [3.05, 3.63) is 52.8 Å². The zero-order valence-electron chi connectivity index (χ0n) is 11.4. The average molecular weight is 254 g/mol. The maximum atomic E-state index is 12.4. The van der Waals surface area contributed by atoms with Crippen molar-refractivity contribution in [1.82, 2.24) is 4.57 Å². The molecule has 0 fully saturated rings. The molecule has 1 aromatic carbocycles. The Morgan fingerprint density at radius 2 is 2.11 bits per heavy atom. The lowest BCUT2D eigenvalue weighted by Gasteiger charge is -2.06. The van der Waals surface area contributed by atoms with Crippen molar-refractivity contribution in [3.63, 3.8) is 0 Å². The Morgan fingerprint density at radius 1 is 1.26 bits per heavy atom. The van der Waals surface area contributed by atoms with Gasteiger partial charge in [0.15, 0.2) is 0 Å². The number of benzene rings is 1. The molecule has 0 atom stereocenters. The van der Waals surface area contributed by atoms with Gasteiger partial charge in [0.05, 0.1) is 5.56 Å². The number of rotatable bonds is 2. The van der Waals surface area contributed by atoms with Crippen LogP contribution in [0.1, 0.15) is 33.7 Å². The summed E-state index contributed by atoms with van der Waals surface area (Å²) >= 11 is 0. The fraction of sp³-hybridized carbons (Fsp3) is 0.312. The van der Waals surface area contributed by atoms with Gasteiger partial charge >= 0.3 is 0 Å². The van der Waals surface area contributed by atoms with Gasteiger partial charge in [-0.3, -0.25) is 4.79 Å². The molecule has 1 amide bonds. The topological polar surface area (TPSA) is 34.0 Å². The third-order valence-electron chi connectivity index (χ3n) is 3.73. The van der Waals surface area contributed by atoms with Crippen LogP contribution in [0, 0.1) is 13.8 Å². The lowest BCUT2D eigenvalue weighted by molar-refractivity contribution is 0.102. The van der Waals surface area contributed by atoms with E-state index in [1.807, 2.05) is 37.3 Å². The molecule has 1 aromatic heterocycles. The first-order valence-corrected chi connectivity index (χ1v) is 6.72. The van der Waals surface area contributed by atoms with Crippen LogP contribution in [0.2, 0.25) is 0 Å². The van der Waals surface area contributed by atoms with Gasteiger partial charge in [0, 0.05) is 23.6 Å². The first kappa shape index (κ1) is 12.0. The Balaban J connectivity index is 1.87. The summed E-state index contributed by atoms with van der Waals surface area (Å²) < 4.78 is 2.26. The molecule has 0 spiro atoms. The van der Waals surface area contributed by atoms with Crippen molar-refractivity contribution in [1.29, 1.82) is 0 Å². The van der Waals surface area contributed by atoms with E-state index in [9.17, 15) is 4.79 Å². The highest BCUT2D eigenvalue weighted by atomic mass is 16.1. The molecule has 1 N–H and O–H groups in total. The molecule has 3 heteroatoms. The third-order valence-corrected chi connectivity index (χ3v) is 3.73. The van der Waals surface area contributed by atoms with E-state index in [4.69, 9.17) is 0 Å². The van der Waals surface area contributed by atoms with Crippen molar-refractivity contribution < 1.29 is 4.79 Å². The Kier molecular flexibility index (Phi) is 2.90. The van der Waals surface area contributed by atoms with E-state index in [1.165, 1.54) is 11.4 Å². The van der Waals surface area contributed by atoms with E-state index in [2.05, 4.69) is 16.8 Å². The van der Waals surface area contributed by atoms with Crippen molar-refractivity contribution >= 4 is 11.6 Å². The van der Waals surface area contributed by atoms with Crippen LogP contribution in [0.5, 0.6) is 0 Å². The maximum absolute atomic E-state index is 12.4. The largest absolute Gasteiger partial charge is 0.348 e. The number of hydrogen-bond donors (Lipinski definition) is 1. The molecule has 3 nitrogen and oxygen atoms in total. The van der Waals surface area contributed by atoms with Gasteiger partial charge in [0.25, 0.3) is 5.91 Å². The highest BCUT2D eigenvalue weighted by Crippen LogP contribution is 2.24. The second kappa shape index (κ2) is 4.57. The number of carbonyl (C=O) groups is 1. The predicted octanol–water partition coefficient (Wildman–Crippen LogP) is 3.30. The molecule has 0 aliphatic carbocycles. The minimum atomic E-state index is 0.00403. The van der Waals surface area contributed by atoms with Crippen LogP contribution in [0.3, 0.4) is 0 Å². The van der Waals surface area contributed by atoms with Crippen LogP contribution in [0.25, 0.3) is 0 Å². The number of hydrogen-bond acceptors (Lipinski definition) is 1. The Bertz CT molecular complexity index is 640. The number of aromatic nitrogens is 1. The number of aryl methyl sites for hydroxylation is 2. The normalized spacial score (nSPS) is 13.4. The Hall–Kier alpha value is -2.03. The van der Waals surface area contributed by atoms with E-state index < -0.39 is 0 Å². The maximum Gasteiger partial charge on any atom is 0.257 e. The van der Waals surface area contributed by atoms with Gasteiger partial charge in [0.1, 0.15) is 0 Å². The van der Waals surface area contributed by atoms with Crippen LogP contribution >= 0.6 is 0 Å². The molecule has 1 aliphatic heterocycles. The van der Waals surface area contributed by atoms with Crippen LogP contribution in [0.4, 0.5) is 5.69 Å². The van der Waals surface area contributed by atoms with E-state index in [1.54, 1.807) is 0 Å². The summed E-state index contributed by atoms with van der Waals surface area (Å²) in [5.41, 5.74) is 5.21. The predicted molar refractivity (Wildman–Crippen MR) is 76.6 cm³/mol. The molecule has 1 aliphatic rings. The molecule has 3 rings (SSSR count).